The van der Waals surface area contributed by atoms with Gasteiger partial charge in [0.2, 0.25) is 0 Å². The van der Waals surface area contributed by atoms with Crippen molar-refractivity contribution in [2.45, 2.75) is 58.9 Å². The van der Waals surface area contributed by atoms with Gasteiger partial charge in [-0.25, -0.2) is 0 Å². The largest absolute Gasteiger partial charge is 0.348 e. The fourth-order valence-electron chi connectivity index (χ4n) is 4.31. The summed E-state index contributed by atoms with van der Waals surface area (Å²) in [6.45, 7) is 6.64. The molecule has 1 heterocycles. The van der Waals surface area contributed by atoms with Crippen LogP contribution in [0.3, 0.4) is 0 Å². The molecule has 1 N–H and O–H groups in total. The van der Waals surface area contributed by atoms with Crippen LogP contribution in [0.1, 0.15) is 82.6 Å². The third-order valence-corrected chi connectivity index (χ3v) is 6.37. The second-order valence-electron chi connectivity index (χ2n) is 8.93. The normalized spacial score (nSPS) is 13.2. The minimum atomic E-state index is -0.465. The Morgan fingerprint density at radius 3 is 2.27 bits per heavy atom. The molecule has 1 amide bonds. The summed E-state index contributed by atoms with van der Waals surface area (Å²) in [4.78, 5) is 39.2. The summed E-state index contributed by atoms with van der Waals surface area (Å²) < 4.78 is 1.56. The van der Waals surface area contributed by atoms with Gasteiger partial charge in [-0.15, -0.1) is 0 Å². The molecule has 170 valence electrons. The van der Waals surface area contributed by atoms with Crippen LogP contribution in [0.25, 0.3) is 5.69 Å². The number of Topliss-reactive ketones (excluding diaryl/α,β-unsaturated/α-hetero) is 1. The molecular formula is C28H30N2O3. The number of amides is 1. The van der Waals surface area contributed by atoms with Crippen LogP contribution >= 0.6 is 0 Å². The average Bonchev–Trinajstić information content (AvgIpc) is 2.83. The van der Waals surface area contributed by atoms with Crippen molar-refractivity contribution in [3.63, 3.8) is 0 Å². The van der Waals surface area contributed by atoms with E-state index in [2.05, 4.69) is 26.1 Å². The highest BCUT2D eigenvalue weighted by molar-refractivity contribution is 6.01. The molecule has 0 fully saturated rings. The second kappa shape index (κ2) is 9.57. The second-order valence-corrected chi connectivity index (χ2v) is 8.93. The molecule has 0 bridgehead atoms. The number of nitrogens with zero attached hydrogens (tertiary/aromatic N) is 1. The van der Waals surface area contributed by atoms with Crippen LogP contribution in [0, 0.1) is 0 Å². The first-order valence-electron chi connectivity index (χ1n) is 11.7. The lowest BCUT2D eigenvalue weighted by molar-refractivity contribution is 0.0949. The molecular weight excluding hydrogens is 412 g/mol. The maximum atomic E-state index is 13.5. The van der Waals surface area contributed by atoms with Crippen LogP contribution in [0.15, 0.2) is 59.4 Å². The van der Waals surface area contributed by atoms with Crippen molar-refractivity contribution in [3.8, 4) is 5.69 Å². The molecule has 1 aliphatic carbocycles. The van der Waals surface area contributed by atoms with Crippen LogP contribution in [-0.4, -0.2) is 16.3 Å². The highest BCUT2D eigenvalue weighted by Crippen LogP contribution is 2.24. The summed E-state index contributed by atoms with van der Waals surface area (Å²) in [6.07, 6.45) is 2.72. The molecule has 5 heteroatoms. The zero-order valence-corrected chi connectivity index (χ0v) is 19.5. The number of benzene rings is 2. The zero-order chi connectivity index (χ0) is 23.5. The molecule has 2 aromatic carbocycles. The minimum absolute atomic E-state index is 0.00196. The van der Waals surface area contributed by atoms with Gasteiger partial charge < -0.3 is 5.32 Å². The number of nitrogens with one attached hydrogen (secondary N) is 1. The Kier molecular flexibility index (Phi) is 6.59. The lowest BCUT2D eigenvalue weighted by atomic mass is 9.92. The van der Waals surface area contributed by atoms with Crippen molar-refractivity contribution < 1.29 is 9.59 Å². The monoisotopic (exact) mass is 442 g/mol. The Labute approximate surface area is 194 Å². The highest BCUT2D eigenvalue weighted by atomic mass is 16.2. The van der Waals surface area contributed by atoms with Gasteiger partial charge in [0.15, 0.2) is 5.78 Å². The Morgan fingerprint density at radius 1 is 0.970 bits per heavy atom. The van der Waals surface area contributed by atoms with E-state index in [-0.39, 0.29) is 16.9 Å². The average molecular weight is 443 g/mol. The first kappa shape index (κ1) is 22.7. The van der Waals surface area contributed by atoms with Crippen LogP contribution in [0.2, 0.25) is 0 Å². The van der Waals surface area contributed by atoms with E-state index in [4.69, 9.17) is 0 Å². The van der Waals surface area contributed by atoms with E-state index < -0.39 is 5.91 Å². The Morgan fingerprint density at radius 2 is 1.64 bits per heavy atom. The lowest BCUT2D eigenvalue weighted by Gasteiger charge is -2.22. The standard InChI is InChI=1S/C28H30N2O3/c1-4-19-8-10-20(11-9-19)17-29-27(32)24-16-23-25(6-5-7-26(23)31)30(28(24)33)22-14-12-21(13-15-22)18(2)3/h8-16,18H,4-7,17H2,1-3H3,(H,29,32). The number of fused-ring (bicyclic) bond motifs is 1. The number of carbonyl (C=O) groups is 2. The van der Waals surface area contributed by atoms with Crippen molar-refractivity contribution in [2.75, 3.05) is 0 Å². The van der Waals surface area contributed by atoms with Crippen molar-refractivity contribution in [3.05, 3.63) is 98.5 Å². The van der Waals surface area contributed by atoms with Crippen LogP contribution in [0.4, 0.5) is 0 Å². The first-order chi connectivity index (χ1) is 15.9. The third kappa shape index (κ3) is 4.68. The van der Waals surface area contributed by atoms with E-state index in [0.717, 1.165) is 12.0 Å². The van der Waals surface area contributed by atoms with Gasteiger partial charge >= 0.3 is 0 Å². The van der Waals surface area contributed by atoms with Gasteiger partial charge in [-0.2, -0.15) is 0 Å². The molecule has 0 radical (unpaired) electrons. The first-order valence-corrected chi connectivity index (χ1v) is 11.7. The van der Waals surface area contributed by atoms with Crippen LogP contribution < -0.4 is 10.9 Å². The summed E-state index contributed by atoms with van der Waals surface area (Å²) in [6, 6.07) is 17.3. The molecule has 33 heavy (non-hydrogen) atoms. The molecule has 0 unspecified atom stereocenters. The maximum Gasteiger partial charge on any atom is 0.268 e. The van der Waals surface area contributed by atoms with E-state index in [9.17, 15) is 14.4 Å². The van der Waals surface area contributed by atoms with Crippen LogP contribution in [0.5, 0.6) is 0 Å². The van der Waals surface area contributed by atoms with E-state index >= 15 is 0 Å². The fourth-order valence-corrected chi connectivity index (χ4v) is 4.31. The number of hydrogen-bond acceptors (Lipinski definition) is 3. The highest BCUT2D eigenvalue weighted by Gasteiger charge is 2.26. The Balaban J connectivity index is 1.71. The maximum absolute atomic E-state index is 13.5. The molecule has 5 nitrogen and oxygen atoms in total. The number of aryl methyl sites for hydroxylation is 1. The van der Waals surface area contributed by atoms with Crippen LogP contribution in [-0.2, 0) is 19.4 Å². The predicted octanol–water partition coefficient (Wildman–Crippen LogP) is 4.97. The van der Waals surface area contributed by atoms with E-state index in [1.165, 1.54) is 17.2 Å². The smallest absolute Gasteiger partial charge is 0.268 e. The van der Waals surface area contributed by atoms with E-state index in [1.54, 1.807) is 4.57 Å². The van der Waals surface area contributed by atoms with Gasteiger partial charge in [0.05, 0.1) is 0 Å². The van der Waals surface area contributed by atoms with Crippen molar-refractivity contribution in [1.29, 1.82) is 0 Å². The van der Waals surface area contributed by atoms with Gasteiger partial charge in [-0.3, -0.25) is 19.0 Å². The number of pyridine rings is 1. The van der Waals surface area contributed by atoms with Gasteiger partial charge in [0.25, 0.3) is 11.5 Å². The molecule has 0 spiro atoms. The van der Waals surface area contributed by atoms with E-state index in [0.29, 0.717) is 48.7 Å². The lowest BCUT2D eigenvalue weighted by Crippen LogP contribution is -2.36. The molecule has 0 saturated heterocycles. The third-order valence-electron chi connectivity index (χ3n) is 6.37. The molecule has 4 rings (SSSR count). The topological polar surface area (TPSA) is 68.2 Å². The van der Waals surface area contributed by atoms with Gasteiger partial charge in [-0.05, 0) is 60.1 Å². The summed E-state index contributed by atoms with van der Waals surface area (Å²) >= 11 is 0. The van der Waals surface area contributed by atoms with Crippen molar-refractivity contribution >= 4 is 11.7 Å². The Bertz CT molecular complexity index is 1240. The molecule has 1 aromatic heterocycles. The quantitative estimate of drug-likeness (QED) is 0.586. The molecule has 0 aliphatic heterocycles. The number of aromatic nitrogens is 1. The summed E-state index contributed by atoms with van der Waals surface area (Å²) in [5.74, 6) is -0.115. The van der Waals surface area contributed by atoms with Crippen molar-refractivity contribution in [1.82, 2.24) is 9.88 Å². The predicted molar refractivity (Wildman–Crippen MR) is 130 cm³/mol. The number of rotatable bonds is 6. The van der Waals surface area contributed by atoms with Gasteiger partial charge in [0, 0.05) is 29.9 Å². The number of carbonyl (C=O) groups excluding carboxylic acids is 2. The zero-order valence-electron chi connectivity index (χ0n) is 19.5. The van der Waals surface area contributed by atoms with E-state index in [1.807, 2.05) is 48.5 Å². The summed E-state index contributed by atoms with van der Waals surface area (Å²) in [5, 5.41) is 2.85. The summed E-state index contributed by atoms with van der Waals surface area (Å²) in [5.41, 5.74) is 4.82. The molecule has 0 saturated carbocycles. The number of ketones is 1. The fraction of sp³-hybridized carbons (Fsp3) is 0.321. The molecule has 1 aliphatic rings. The van der Waals surface area contributed by atoms with Gasteiger partial charge in [-0.1, -0.05) is 57.2 Å². The molecule has 3 aromatic rings. The van der Waals surface area contributed by atoms with Gasteiger partial charge in [0.1, 0.15) is 5.56 Å². The minimum Gasteiger partial charge on any atom is -0.348 e. The van der Waals surface area contributed by atoms with Crippen molar-refractivity contribution in [2.24, 2.45) is 0 Å². The SMILES string of the molecule is CCc1ccc(CNC(=O)c2cc3c(n(-c4ccc(C(C)C)cc4)c2=O)CCCC3=O)cc1. The Hall–Kier alpha value is -3.47. The summed E-state index contributed by atoms with van der Waals surface area (Å²) in [7, 11) is 0. The number of hydrogen-bond donors (Lipinski definition) is 1. The molecule has 0 atom stereocenters.